The Bertz CT molecular complexity index is 739. The molecule has 1 aromatic heterocycles. The third kappa shape index (κ3) is 2.48. The van der Waals surface area contributed by atoms with Crippen LogP contribution in [-0.2, 0) is 14.6 Å². The predicted octanol–water partition coefficient (Wildman–Crippen LogP) is 1.71. The lowest BCUT2D eigenvalue weighted by Crippen LogP contribution is -2.04. The number of rotatable bonds is 4. The van der Waals surface area contributed by atoms with E-state index in [0.717, 1.165) is 0 Å². The Morgan fingerprint density at radius 1 is 1.15 bits per heavy atom. The number of methoxy groups -OCH3 is 1. The van der Waals surface area contributed by atoms with Gasteiger partial charge in [-0.05, 0) is 36.4 Å². The summed E-state index contributed by atoms with van der Waals surface area (Å²) < 4.78 is 33.8. The van der Waals surface area contributed by atoms with Gasteiger partial charge in [-0.25, -0.2) is 13.2 Å². The SMILES string of the molecule is COC(=O)c1ccc(S(=O)(=O)c2ccc(C=O)o2)cc1. The van der Waals surface area contributed by atoms with Crippen molar-refractivity contribution in [2.45, 2.75) is 9.99 Å². The lowest BCUT2D eigenvalue weighted by Gasteiger charge is -2.03. The lowest BCUT2D eigenvalue weighted by atomic mass is 10.2. The van der Waals surface area contributed by atoms with Crippen molar-refractivity contribution < 1.29 is 27.2 Å². The third-order valence-electron chi connectivity index (χ3n) is 2.57. The highest BCUT2D eigenvalue weighted by Gasteiger charge is 2.22. The molecule has 6 nitrogen and oxygen atoms in total. The van der Waals surface area contributed by atoms with Gasteiger partial charge >= 0.3 is 5.97 Å². The molecule has 0 aliphatic heterocycles. The Hall–Kier alpha value is -2.41. The lowest BCUT2D eigenvalue weighted by molar-refractivity contribution is 0.0600. The van der Waals surface area contributed by atoms with Crippen molar-refractivity contribution in [1.29, 1.82) is 0 Å². The Morgan fingerprint density at radius 3 is 2.30 bits per heavy atom. The number of ether oxygens (including phenoxy) is 1. The molecule has 0 saturated carbocycles. The Kier molecular flexibility index (Phi) is 3.71. The van der Waals surface area contributed by atoms with Crippen molar-refractivity contribution in [1.82, 2.24) is 0 Å². The molecular weight excluding hydrogens is 284 g/mol. The first-order valence-electron chi connectivity index (χ1n) is 5.47. The molecule has 1 heterocycles. The van der Waals surface area contributed by atoms with E-state index in [9.17, 15) is 18.0 Å². The normalized spacial score (nSPS) is 11.1. The number of benzene rings is 1. The Balaban J connectivity index is 2.39. The standard InChI is InChI=1S/C13H10O6S/c1-18-13(15)9-2-5-11(6-3-9)20(16,17)12-7-4-10(8-14)19-12/h2-8H,1H3. The molecular formula is C13H10O6S. The minimum atomic E-state index is -3.86. The fraction of sp³-hybridized carbons (Fsp3) is 0.0769. The summed E-state index contributed by atoms with van der Waals surface area (Å²) in [5.41, 5.74) is 0.236. The van der Waals surface area contributed by atoms with Gasteiger partial charge in [0.25, 0.3) is 0 Å². The summed E-state index contributed by atoms with van der Waals surface area (Å²) in [5, 5.41) is -0.328. The first-order valence-corrected chi connectivity index (χ1v) is 6.96. The molecule has 0 bridgehead atoms. The number of hydrogen-bond acceptors (Lipinski definition) is 6. The van der Waals surface area contributed by atoms with E-state index in [1.54, 1.807) is 0 Å². The molecule has 2 rings (SSSR count). The van der Waals surface area contributed by atoms with Crippen molar-refractivity contribution in [3.63, 3.8) is 0 Å². The summed E-state index contributed by atoms with van der Waals surface area (Å²) >= 11 is 0. The summed E-state index contributed by atoms with van der Waals surface area (Å²) in [5.74, 6) is -0.634. The van der Waals surface area contributed by atoms with Gasteiger partial charge in [0.15, 0.2) is 12.0 Å². The number of hydrogen-bond donors (Lipinski definition) is 0. The largest absolute Gasteiger partial charge is 0.465 e. The number of carbonyl (C=O) groups is 2. The van der Waals surface area contributed by atoms with Gasteiger partial charge in [-0.15, -0.1) is 0 Å². The van der Waals surface area contributed by atoms with Crippen LogP contribution >= 0.6 is 0 Å². The number of aldehydes is 1. The van der Waals surface area contributed by atoms with Gasteiger partial charge in [-0.1, -0.05) is 0 Å². The second kappa shape index (κ2) is 5.30. The average Bonchev–Trinajstić information content (AvgIpc) is 2.96. The average molecular weight is 294 g/mol. The first-order chi connectivity index (χ1) is 9.48. The molecule has 0 saturated heterocycles. The van der Waals surface area contributed by atoms with Crippen LogP contribution in [0.1, 0.15) is 20.9 Å². The Morgan fingerprint density at radius 2 is 1.80 bits per heavy atom. The fourth-order valence-electron chi connectivity index (χ4n) is 1.55. The molecule has 0 atom stereocenters. The maximum Gasteiger partial charge on any atom is 0.337 e. The topological polar surface area (TPSA) is 90.7 Å². The van der Waals surface area contributed by atoms with Gasteiger partial charge in [-0.2, -0.15) is 0 Å². The van der Waals surface area contributed by atoms with E-state index < -0.39 is 15.8 Å². The van der Waals surface area contributed by atoms with Crippen LogP contribution < -0.4 is 0 Å². The van der Waals surface area contributed by atoms with E-state index in [2.05, 4.69) is 4.74 Å². The highest BCUT2D eigenvalue weighted by molar-refractivity contribution is 7.91. The molecule has 0 amide bonds. The van der Waals surface area contributed by atoms with Crippen LogP contribution in [0.15, 0.2) is 50.8 Å². The number of furan rings is 1. The van der Waals surface area contributed by atoms with E-state index in [4.69, 9.17) is 4.42 Å². The zero-order chi connectivity index (χ0) is 14.8. The molecule has 7 heteroatoms. The summed E-state index contributed by atoms with van der Waals surface area (Å²) in [6, 6.07) is 7.68. The molecule has 1 aromatic carbocycles. The quantitative estimate of drug-likeness (QED) is 0.630. The molecule has 0 spiro atoms. The van der Waals surface area contributed by atoms with Crippen LogP contribution in [0.3, 0.4) is 0 Å². The zero-order valence-electron chi connectivity index (χ0n) is 10.4. The van der Waals surface area contributed by atoms with Crippen LogP contribution in [0.5, 0.6) is 0 Å². The molecule has 2 aromatic rings. The third-order valence-corrected chi connectivity index (χ3v) is 4.21. The molecule has 0 aliphatic carbocycles. The first kappa shape index (κ1) is 14.0. The van der Waals surface area contributed by atoms with Gasteiger partial charge < -0.3 is 9.15 Å². The van der Waals surface area contributed by atoms with Gasteiger partial charge in [0.05, 0.1) is 17.6 Å². The van der Waals surface area contributed by atoms with E-state index in [1.165, 1.54) is 43.5 Å². The van der Waals surface area contributed by atoms with Crippen LogP contribution in [0.4, 0.5) is 0 Å². The number of carbonyl (C=O) groups excluding carboxylic acids is 2. The van der Waals surface area contributed by atoms with Crippen molar-refractivity contribution >= 4 is 22.1 Å². The van der Waals surface area contributed by atoms with E-state index in [1.807, 2.05) is 0 Å². The maximum absolute atomic E-state index is 12.2. The summed E-state index contributed by atoms with van der Waals surface area (Å²) in [6.07, 6.45) is 0.416. The van der Waals surface area contributed by atoms with E-state index in [-0.39, 0.29) is 21.3 Å². The number of sulfone groups is 1. The molecule has 0 radical (unpaired) electrons. The van der Waals surface area contributed by atoms with Crippen molar-refractivity contribution in [2.24, 2.45) is 0 Å². The highest BCUT2D eigenvalue weighted by Crippen LogP contribution is 2.22. The molecule has 20 heavy (non-hydrogen) atoms. The summed E-state index contributed by atoms with van der Waals surface area (Å²) in [4.78, 5) is 21.7. The van der Waals surface area contributed by atoms with E-state index >= 15 is 0 Å². The monoisotopic (exact) mass is 294 g/mol. The van der Waals surface area contributed by atoms with Crippen LogP contribution in [0, 0.1) is 0 Å². The maximum atomic E-state index is 12.2. The van der Waals surface area contributed by atoms with Crippen molar-refractivity contribution in [3.8, 4) is 0 Å². The smallest absolute Gasteiger partial charge is 0.337 e. The van der Waals surface area contributed by atoms with Crippen molar-refractivity contribution in [2.75, 3.05) is 7.11 Å². The zero-order valence-corrected chi connectivity index (χ0v) is 11.2. The summed E-state index contributed by atoms with van der Waals surface area (Å²) in [7, 11) is -2.62. The van der Waals surface area contributed by atoms with Gasteiger partial charge in [0.1, 0.15) is 0 Å². The number of esters is 1. The molecule has 104 valence electrons. The van der Waals surface area contributed by atoms with Crippen molar-refractivity contribution in [3.05, 3.63) is 47.7 Å². The fourth-order valence-corrected chi connectivity index (χ4v) is 2.73. The second-order valence-electron chi connectivity index (χ2n) is 3.79. The van der Waals surface area contributed by atoms with Gasteiger partial charge in [-0.3, -0.25) is 4.79 Å². The van der Waals surface area contributed by atoms with Gasteiger partial charge in [0, 0.05) is 0 Å². The van der Waals surface area contributed by atoms with E-state index in [0.29, 0.717) is 6.29 Å². The molecule has 0 aliphatic rings. The van der Waals surface area contributed by atoms with Crippen LogP contribution in [0.25, 0.3) is 0 Å². The second-order valence-corrected chi connectivity index (χ2v) is 5.67. The Labute approximate surface area is 114 Å². The molecule has 0 unspecified atom stereocenters. The summed E-state index contributed by atoms with van der Waals surface area (Å²) in [6.45, 7) is 0. The molecule has 0 N–H and O–H groups in total. The predicted molar refractivity (Wildman–Crippen MR) is 67.3 cm³/mol. The highest BCUT2D eigenvalue weighted by atomic mass is 32.2. The molecule has 0 fully saturated rings. The minimum absolute atomic E-state index is 0.0445. The van der Waals surface area contributed by atoms with Crippen LogP contribution in [-0.4, -0.2) is 27.8 Å². The van der Waals surface area contributed by atoms with Crippen LogP contribution in [0.2, 0.25) is 0 Å². The van der Waals surface area contributed by atoms with Gasteiger partial charge in [0.2, 0.25) is 14.9 Å². The minimum Gasteiger partial charge on any atom is -0.465 e.